The van der Waals surface area contributed by atoms with Gasteiger partial charge in [-0.05, 0) is 41.1 Å². The average Bonchev–Trinajstić information content (AvgIpc) is 2.66. The van der Waals surface area contributed by atoms with Crippen LogP contribution in [0, 0.1) is 5.82 Å². The third kappa shape index (κ3) is 2.95. The van der Waals surface area contributed by atoms with Gasteiger partial charge in [-0.15, -0.1) is 0 Å². The van der Waals surface area contributed by atoms with Crippen LogP contribution in [0.25, 0.3) is 21.7 Å². The highest BCUT2D eigenvalue weighted by Gasteiger charge is 2.13. The Morgan fingerprint density at radius 3 is 2.58 bits per heavy atom. The van der Waals surface area contributed by atoms with Gasteiger partial charge in [0.25, 0.3) is 0 Å². The second kappa shape index (κ2) is 6.44. The monoisotopic (exact) mass is 348 g/mol. The van der Waals surface area contributed by atoms with E-state index in [-0.39, 0.29) is 12.2 Å². The summed E-state index contributed by atoms with van der Waals surface area (Å²) in [6, 6.07) is 17.7. The summed E-state index contributed by atoms with van der Waals surface area (Å²) in [6.45, 7) is -0.0910. The van der Waals surface area contributed by atoms with E-state index >= 15 is 0 Å². The van der Waals surface area contributed by atoms with Gasteiger partial charge in [0.1, 0.15) is 18.0 Å². The zero-order chi connectivity index (χ0) is 18.1. The summed E-state index contributed by atoms with van der Waals surface area (Å²) in [6.07, 6.45) is 0. The Labute approximate surface area is 147 Å². The second-order valence-corrected chi connectivity index (χ2v) is 5.83. The maximum Gasteiger partial charge on any atom is 0.338 e. The molecule has 4 aromatic rings. The van der Waals surface area contributed by atoms with E-state index < -0.39 is 17.4 Å². The minimum Gasteiger partial charge on any atom is -0.457 e. The largest absolute Gasteiger partial charge is 0.457 e. The molecule has 0 saturated heterocycles. The number of rotatable bonds is 3. The molecule has 0 aliphatic heterocycles. The highest BCUT2D eigenvalue weighted by atomic mass is 19.1. The fraction of sp³-hybridized carbons (Fsp3) is 0.0476. The fourth-order valence-corrected chi connectivity index (χ4v) is 2.95. The van der Waals surface area contributed by atoms with Gasteiger partial charge in [0.2, 0.25) is 0 Å². The summed E-state index contributed by atoms with van der Waals surface area (Å²) in [5.41, 5.74) is 0.719. The van der Waals surface area contributed by atoms with Crippen LogP contribution in [0.2, 0.25) is 0 Å². The van der Waals surface area contributed by atoms with Gasteiger partial charge in [0, 0.05) is 17.0 Å². The number of halogens is 1. The summed E-state index contributed by atoms with van der Waals surface area (Å²) in [7, 11) is 0. The molecule has 0 aliphatic rings. The first-order valence-corrected chi connectivity index (χ1v) is 7.99. The standard InChI is InChI=1S/C21H13FO4/c22-16-8-5-14(6-9-16)21(24)25-12-15-11-19(23)26-18-10-7-13-3-1-2-4-17(13)20(15)18/h1-11H,12H2. The molecule has 26 heavy (non-hydrogen) atoms. The quantitative estimate of drug-likeness (QED) is 0.312. The summed E-state index contributed by atoms with van der Waals surface area (Å²) < 4.78 is 23.6. The third-order valence-electron chi connectivity index (χ3n) is 4.15. The first kappa shape index (κ1) is 16.0. The molecule has 0 bridgehead atoms. The van der Waals surface area contributed by atoms with E-state index in [0.717, 1.165) is 16.2 Å². The molecule has 1 aromatic heterocycles. The maximum absolute atomic E-state index is 13.0. The van der Waals surface area contributed by atoms with Crippen LogP contribution in [0.15, 0.2) is 75.9 Å². The predicted molar refractivity (Wildman–Crippen MR) is 95.5 cm³/mol. The SMILES string of the molecule is O=C(OCc1cc(=O)oc2ccc3ccccc3c12)c1ccc(F)cc1. The summed E-state index contributed by atoms with van der Waals surface area (Å²) >= 11 is 0. The lowest BCUT2D eigenvalue weighted by Gasteiger charge is -2.09. The normalized spacial score (nSPS) is 11.0. The molecule has 0 radical (unpaired) electrons. The molecular weight excluding hydrogens is 335 g/mol. The van der Waals surface area contributed by atoms with Crippen LogP contribution in [0.5, 0.6) is 0 Å². The van der Waals surface area contributed by atoms with E-state index in [9.17, 15) is 14.0 Å². The van der Waals surface area contributed by atoms with Crippen LogP contribution in [0.3, 0.4) is 0 Å². The van der Waals surface area contributed by atoms with Gasteiger partial charge in [-0.1, -0.05) is 30.3 Å². The Kier molecular flexibility index (Phi) is 3.97. The molecule has 5 heteroatoms. The zero-order valence-corrected chi connectivity index (χ0v) is 13.6. The van der Waals surface area contributed by atoms with E-state index in [1.807, 2.05) is 30.3 Å². The molecule has 3 aromatic carbocycles. The van der Waals surface area contributed by atoms with Gasteiger partial charge in [0.15, 0.2) is 0 Å². The fourth-order valence-electron chi connectivity index (χ4n) is 2.95. The molecule has 0 N–H and O–H groups in total. The van der Waals surface area contributed by atoms with Crippen molar-refractivity contribution in [3.63, 3.8) is 0 Å². The number of hydrogen-bond donors (Lipinski definition) is 0. The lowest BCUT2D eigenvalue weighted by atomic mass is 10.0. The van der Waals surface area contributed by atoms with Gasteiger partial charge < -0.3 is 9.15 Å². The van der Waals surface area contributed by atoms with Gasteiger partial charge in [-0.25, -0.2) is 14.0 Å². The Morgan fingerprint density at radius 2 is 1.77 bits per heavy atom. The highest BCUT2D eigenvalue weighted by Crippen LogP contribution is 2.27. The van der Waals surface area contributed by atoms with Crippen molar-refractivity contribution >= 4 is 27.7 Å². The number of esters is 1. The van der Waals surface area contributed by atoms with E-state index in [2.05, 4.69) is 0 Å². The smallest absolute Gasteiger partial charge is 0.338 e. The minimum atomic E-state index is -0.591. The number of ether oxygens (including phenoxy) is 1. The summed E-state index contributed by atoms with van der Waals surface area (Å²) in [4.78, 5) is 24.0. The van der Waals surface area contributed by atoms with E-state index in [1.54, 1.807) is 6.07 Å². The zero-order valence-electron chi connectivity index (χ0n) is 13.6. The van der Waals surface area contributed by atoms with Crippen LogP contribution in [-0.2, 0) is 11.3 Å². The molecule has 0 atom stereocenters. The van der Waals surface area contributed by atoms with Crippen LogP contribution < -0.4 is 5.63 Å². The molecule has 0 unspecified atom stereocenters. The lowest BCUT2D eigenvalue weighted by molar-refractivity contribution is 0.0474. The minimum absolute atomic E-state index is 0.0910. The molecular formula is C21H13FO4. The predicted octanol–water partition coefficient (Wildman–Crippen LogP) is 4.44. The number of carbonyl (C=O) groups is 1. The van der Waals surface area contributed by atoms with Gasteiger partial charge >= 0.3 is 11.6 Å². The lowest BCUT2D eigenvalue weighted by Crippen LogP contribution is -2.08. The first-order chi connectivity index (χ1) is 12.6. The Hall–Kier alpha value is -3.47. The van der Waals surface area contributed by atoms with Crippen LogP contribution in [0.1, 0.15) is 15.9 Å². The molecule has 0 saturated carbocycles. The molecule has 128 valence electrons. The maximum atomic E-state index is 13.0. The Morgan fingerprint density at radius 1 is 1.00 bits per heavy atom. The molecule has 4 nitrogen and oxygen atoms in total. The molecule has 1 heterocycles. The van der Waals surface area contributed by atoms with E-state index in [0.29, 0.717) is 11.1 Å². The van der Waals surface area contributed by atoms with Crippen molar-refractivity contribution in [2.45, 2.75) is 6.61 Å². The van der Waals surface area contributed by atoms with Gasteiger partial charge in [0.05, 0.1) is 5.56 Å². The number of hydrogen-bond acceptors (Lipinski definition) is 4. The Balaban J connectivity index is 1.73. The van der Waals surface area contributed by atoms with Gasteiger partial charge in [-0.3, -0.25) is 0 Å². The number of fused-ring (bicyclic) bond motifs is 3. The van der Waals surface area contributed by atoms with E-state index in [1.165, 1.54) is 30.3 Å². The first-order valence-electron chi connectivity index (χ1n) is 7.99. The topological polar surface area (TPSA) is 56.5 Å². The van der Waals surface area contributed by atoms with Crippen molar-refractivity contribution in [1.29, 1.82) is 0 Å². The highest BCUT2D eigenvalue weighted by molar-refractivity contribution is 6.07. The summed E-state index contributed by atoms with van der Waals surface area (Å²) in [5.74, 6) is -1.02. The van der Waals surface area contributed by atoms with Crippen molar-refractivity contribution in [2.75, 3.05) is 0 Å². The number of carbonyl (C=O) groups excluding carboxylic acids is 1. The summed E-state index contributed by atoms with van der Waals surface area (Å²) in [5, 5.41) is 2.62. The molecule has 0 amide bonds. The number of benzene rings is 3. The van der Waals surface area contributed by atoms with Crippen molar-refractivity contribution in [3.05, 3.63) is 94.1 Å². The van der Waals surface area contributed by atoms with Crippen LogP contribution in [0.4, 0.5) is 4.39 Å². The molecule has 0 aliphatic carbocycles. The van der Waals surface area contributed by atoms with Crippen molar-refractivity contribution in [2.24, 2.45) is 0 Å². The van der Waals surface area contributed by atoms with Crippen LogP contribution >= 0.6 is 0 Å². The molecule has 0 spiro atoms. The van der Waals surface area contributed by atoms with Crippen molar-refractivity contribution in [3.8, 4) is 0 Å². The Bertz CT molecular complexity index is 1180. The molecule has 0 fully saturated rings. The third-order valence-corrected chi connectivity index (χ3v) is 4.15. The molecule has 4 rings (SSSR count). The van der Waals surface area contributed by atoms with Crippen molar-refractivity contribution < 1.29 is 18.3 Å². The van der Waals surface area contributed by atoms with Gasteiger partial charge in [-0.2, -0.15) is 0 Å². The van der Waals surface area contributed by atoms with Crippen LogP contribution in [-0.4, -0.2) is 5.97 Å². The second-order valence-electron chi connectivity index (χ2n) is 5.83. The van der Waals surface area contributed by atoms with E-state index in [4.69, 9.17) is 9.15 Å². The average molecular weight is 348 g/mol. The van der Waals surface area contributed by atoms with Crippen molar-refractivity contribution in [1.82, 2.24) is 0 Å².